The second-order valence-corrected chi connectivity index (χ2v) is 3.08. The van der Waals surface area contributed by atoms with Gasteiger partial charge in [-0.15, -0.1) is 0 Å². The van der Waals surface area contributed by atoms with E-state index in [0.29, 0.717) is 0 Å². The summed E-state index contributed by atoms with van der Waals surface area (Å²) in [5.41, 5.74) is 0.254. The number of ether oxygens (including phenoxy) is 1. The van der Waals surface area contributed by atoms with Gasteiger partial charge in [-0.3, -0.25) is 4.79 Å². The quantitative estimate of drug-likeness (QED) is 0.800. The number of rotatable bonds is 3. The maximum atomic E-state index is 13.0. The second kappa shape index (κ2) is 5.25. The Balaban J connectivity index is 3.08. The summed E-state index contributed by atoms with van der Waals surface area (Å²) in [5, 5.41) is 2.44. The van der Waals surface area contributed by atoms with Crippen molar-refractivity contribution in [3.8, 4) is 0 Å². The molecule has 0 saturated heterocycles. The molecule has 0 aliphatic heterocycles. The van der Waals surface area contributed by atoms with Gasteiger partial charge in [0.15, 0.2) is 0 Å². The summed E-state index contributed by atoms with van der Waals surface area (Å²) in [6.45, 7) is 1.66. The molecule has 0 aliphatic carbocycles. The molecule has 1 N–H and O–H groups in total. The number of carbonyl (C=O) groups excluding carboxylic acids is 2. The molecule has 0 spiro atoms. The summed E-state index contributed by atoms with van der Waals surface area (Å²) < 4.78 is 17.5. The first-order valence-corrected chi connectivity index (χ1v) is 4.76. The third-order valence-corrected chi connectivity index (χ3v) is 1.98. The summed E-state index contributed by atoms with van der Waals surface area (Å²) in [6.07, 6.45) is 0.247. The monoisotopic (exact) mass is 225 g/mol. The highest BCUT2D eigenvalue weighted by molar-refractivity contribution is 6.01. The van der Waals surface area contributed by atoms with Crippen LogP contribution in [0.15, 0.2) is 18.2 Å². The highest BCUT2D eigenvalue weighted by atomic mass is 19.1. The fourth-order valence-electron chi connectivity index (χ4n) is 1.15. The number of halogens is 1. The summed E-state index contributed by atoms with van der Waals surface area (Å²) in [5.74, 6) is -1.44. The Morgan fingerprint density at radius 3 is 2.69 bits per heavy atom. The third-order valence-electron chi connectivity index (χ3n) is 1.98. The molecule has 0 bridgehead atoms. The van der Waals surface area contributed by atoms with Crippen LogP contribution in [0.4, 0.5) is 10.1 Å². The molecule has 4 nitrogen and oxygen atoms in total. The van der Waals surface area contributed by atoms with E-state index >= 15 is 0 Å². The lowest BCUT2D eigenvalue weighted by atomic mass is 10.1. The molecule has 1 amide bonds. The number of nitrogens with one attached hydrogen (secondary N) is 1. The van der Waals surface area contributed by atoms with Crippen molar-refractivity contribution in [1.29, 1.82) is 0 Å². The zero-order chi connectivity index (χ0) is 12.1. The number of hydrogen-bond acceptors (Lipinski definition) is 3. The van der Waals surface area contributed by atoms with Gasteiger partial charge >= 0.3 is 5.97 Å². The van der Waals surface area contributed by atoms with E-state index in [2.05, 4.69) is 10.1 Å². The number of benzene rings is 1. The average Bonchev–Trinajstić information content (AvgIpc) is 2.28. The van der Waals surface area contributed by atoms with Crippen molar-refractivity contribution >= 4 is 17.6 Å². The lowest BCUT2D eigenvalue weighted by molar-refractivity contribution is -0.115. The smallest absolute Gasteiger partial charge is 0.339 e. The maximum absolute atomic E-state index is 13.0. The van der Waals surface area contributed by atoms with E-state index in [1.165, 1.54) is 13.2 Å². The lowest BCUT2D eigenvalue weighted by Crippen LogP contribution is -2.14. The van der Waals surface area contributed by atoms with E-state index < -0.39 is 11.8 Å². The van der Waals surface area contributed by atoms with Crippen LogP contribution in [0.5, 0.6) is 0 Å². The molecule has 0 fully saturated rings. The molecule has 0 unspecified atom stereocenters. The molecule has 0 atom stereocenters. The minimum absolute atomic E-state index is 0.124. The fraction of sp³-hybridized carbons (Fsp3) is 0.273. The topological polar surface area (TPSA) is 55.4 Å². The summed E-state index contributed by atoms with van der Waals surface area (Å²) in [4.78, 5) is 22.5. The normalized spacial score (nSPS) is 9.69. The zero-order valence-electron chi connectivity index (χ0n) is 9.04. The van der Waals surface area contributed by atoms with Crippen molar-refractivity contribution in [2.24, 2.45) is 0 Å². The number of methoxy groups -OCH3 is 1. The second-order valence-electron chi connectivity index (χ2n) is 3.08. The molecule has 86 valence electrons. The first-order chi connectivity index (χ1) is 7.58. The van der Waals surface area contributed by atoms with E-state index in [9.17, 15) is 14.0 Å². The van der Waals surface area contributed by atoms with Crippen LogP contribution < -0.4 is 5.32 Å². The largest absolute Gasteiger partial charge is 0.465 e. The standard InChI is InChI=1S/C11H12FNO3/c1-3-10(14)13-9-6-7(12)4-5-8(9)11(15)16-2/h4-6H,3H2,1-2H3,(H,13,14). The van der Waals surface area contributed by atoms with Gasteiger partial charge < -0.3 is 10.1 Å². The number of amides is 1. The van der Waals surface area contributed by atoms with E-state index in [1.807, 2.05) is 0 Å². The molecule has 0 aliphatic rings. The van der Waals surface area contributed by atoms with Gasteiger partial charge in [0, 0.05) is 6.42 Å². The predicted octanol–water partition coefficient (Wildman–Crippen LogP) is 1.96. The summed E-state index contributed by atoms with van der Waals surface area (Å²) >= 11 is 0. The summed E-state index contributed by atoms with van der Waals surface area (Å²) in [6, 6.07) is 3.49. The molecule has 0 radical (unpaired) electrons. The van der Waals surface area contributed by atoms with Gasteiger partial charge in [-0.05, 0) is 18.2 Å². The van der Waals surface area contributed by atoms with Crippen LogP contribution >= 0.6 is 0 Å². The fourth-order valence-corrected chi connectivity index (χ4v) is 1.15. The highest BCUT2D eigenvalue weighted by Gasteiger charge is 2.13. The maximum Gasteiger partial charge on any atom is 0.339 e. The molecule has 1 aromatic carbocycles. The lowest BCUT2D eigenvalue weighted by Gasteiger charge is -2.08. The van der Waals surface area contributed by atoms with Crippen molar-refractivity contribution in [2.75, 3.05) is 12.4 Å². The zero-order valence-corrected chi connectivity index (χ0v) is 9.04. The molecular weight excluding hydrogens is 213 g/mol. The van der Waals surface area contributed by atoms with Crippen molar-refractivity contribution < 1.29 is 18.7 Å². The van der Waals surface area contributed by atoms with Crippen LogP contribution in [-0.2, 0) is 9.53 Å². The van der Waals surface area contributed by atoms with Crippen LogP contribution in [0.2, 0.25) is 0 Å². The third kappa shape index (κ3) is 2.79. The molecule has 1 aromatic rings. The number of carbonyl (C=O) groups is 2. The van der Waals surface area contributed by atoms with Gasteiger partial charge in [0.25, 0.3) is 0 Å². The Kier molecular flexibility index (Phi) is 3.99. The average molecular weight is 225 g/mol. The number of hydrogen-bond donors (Lipinski definition) is 1. The van der Waals surface area contributed by atoms with Crippen molar-refractivity contribution in [1.82, 2.24) is 0 Å². The van der Waals surface area contributed by atoms with Gasteiger partial charge in [-0.2, -0.15) is 0 Å². The van der Waals surface area contributed by atoms with Gasteiger partial charge in [0.1, 0.15) is 5.82 Å². The van der Waals surface area contributed by atoms with Crippen molar-refractivity contribution in [3.05, 3.63) is 29.6 Å². The first-order valence-electron chi connectivity index (χ1n) is 4.76. The van der Waals surface area contributed by atoms with Crippen LogP contribution in [0.25, 0.3) is 0 Å². The van der Waals surface area contributed by atoms with E-state index in [-0.39, 0.29) is 23.6 Å². The molecule has 1 rings (SSSR count). The Morgan fingerprint density at radius 2 is 2.12 bits per heavy atom. The Bertz CT molecular complexity index is 418. The molecular formula is C11H12FNO3. The van der Waals surface area contributed by atoms with E-state index in [4.69, 9.17) is 0 Å². The Labute approximate surface area is 92.4 Å². The molecule has 0 aromatic heterocycles. The van der Waals surface area contributed by atoms with E-state index in [1.54, 1.807) is 6.92 Å². The molecule has 0 heterocycles. The van der Waals surface area contributed by atoms with Gasteiger partial charge in [-0.25, -0.2) is 9.18 Å². The van der Waals surface area contributed by atoms with Gasteiger partial charge in [0.05, 0.1) is 18.4 Å². The Hall–Kier alpha value is -1.91. The van der Waals surface area contributed by atoms with Crippen molar-refractivity contribution in [3.63, 3.8) is 0 Å². The summed E-state index contributed by atoms with van der Waals surface area (Å²) in [7, 11) is 1.22. The van der Waals surface area contributed by atoms with Gasteiger partial charge in [0.2, 0.25) is 5.91 Å². The Morgan fingerprint density at radius 1 is 1.44 bits per heavy atom. The van der Waals surface area contributed by atoms with Crippen molar-refractivity contribution in [2.45, 2.75) is 13.3 Å². The van der Waals surface area contributed by atoms with Crippen LogP contribution in [0, 0.1) is 5.82 Å². The minimum Gasteiger partial charge on any atom is -0.465 e. The molecule has 16 heavy (non-hydrogen) atoms. The van der Waals surface area contributed by atoms with Gasteiger partial charge in [-0.1, -0.05) is 6.92 Å². The number of anilines is 1. The first kappa shape index (κ1) is 12.2. The minimum atomic E-state index is -0.619. The molecule has 0 saturated carbocycles. The highest BCUT2D eigenvalue weighted by Crippen LogP contribution is 2.18. The predicted molar refractivity (Wildman–Crippen MR) is 56.7 cm³/mol. The molecule has 5 heteroatoms. The van der Waals surface area contributed by atoms with Crippen LogP contribution in [0.3, 0.4) is 0 Å². The SMILES string of the molecule is CCC(=O)Nc1cc(F)ccc1C(=O)OC. The van der Waals surface area contributed by atoms with Crippen LogP contribution in [-0.4, -0.2) is 19.0 Å². The number of esters is 1. The van der Waals surface area contributed by atoms with E-state index in [0.717, 1.165) is 12.1 Å². The van der Waals surface area contributed by atoms with Crippen LogP contribution in [0.1, 0.15) is 23.7 Å².